The van der Waals surface area contributed by atoms with Gasteiger partial charge in [-0.15, -0.1) is 0 Å². The van der Waals surface area contributed by atoms with Crippen molar-refractivity contribution in [2.24, 2.45) is 0 Å². The molecule has 1 aliphatic rings. The molecule has 0 atom stereocenters. The monoisotopic (exact) mass is 715 g/mol. The molecule has 0 radical (unpaired) electrons. The maximum Gasteiger partial charge on any atom is 0.180 e. The third kappa shape index (κ3) is 5.76. The number of aromatic nitrogens is 1. The molecule has 9 aromatic rings. The third-order valence-electron chi connectivity index (χ3n) is 11.2. The number of hydrogen-bond donors (Lipinski definition) is 0. The van der Waals surface area contributed by atoms with Crippen molar-refractivity contribution in [1.82, 2.24) is 4.98 Å². The molecule has 0 spiro atoms. The lowest BCUT2D eigenvalue weighted by Crippen LogP contribution is -2.72. The van der Waals surface area contributed by atoms with Crippen molar-refractivity contribution < 1.29 is 0 Å². The highest BCUT2D eigenvalue weighted by Crippen LogP contribution is 2.34. The van der Waals surface area contributed by atoms with Crippen molar-refractivity contribution >= 4 is 28.8 Å². The first-order valence-corrected chi connectivity index (χ1v) is 21.0. The largest absolute Gasteiger partial charge is 0.248 e. The molecule has 1 nitrogen and oxygen atoms in total. The molecule has 1 aromatic heterocycles. The lowest BCUT2D eigenvalue weighted by molar-refractivity contribution is 1.32. The number of fused-ring (bicyclic) bond motifs is 3. The Labute approximate surface area is 323 Å². The van der Waals surface area contributed by atoms with Gasteiger partial charge in [-0.2, -0.15) is 0 Å². The minimum atomic E-state index is -2.54. The molecule has 0 amide bonds. The number of nitrogens with zero attached hydrogens (tertiary/aromatic N) is 1. The van der Waals surface area contributed by atoms with Crippen molar-refractivity contribution in [3.8, 4) is 67.0 Å². The van der Waals surface area contributed by atoms with E-state index in [1.807, 2.05) is 12.1 Å². The normalized spacial score (nSPS) is 12.5. The molecular weight excluding hydrogens is 679 g/mol. The van der Waals surface area contributed by atoms with Crippen LogP contribution in [0.15, 0.2) is 224 Å². The minimum absolute atomic E-state index is 0.972. The van der Waals surface area contributed by atoms with Crippen molar-refractivity contribution in [2.75, 3.05) is 0 Å². The van der Waals surface area contributed by atoms with Crippen LogP contribution in [-0.2, 0) is 0 Å². The Kier molecular flexibility index (Phi) is 8.24. The smallest absolute Gasteiger partial charge is 0.180 e. The van der Waals surface area contributed by atoms with Crippen LogP contribution < -0.4 is 20.7 Å². The van der Waals surface area contributed by atoms with Gasteiger partial charge >= 0.3 is 0 Å². The number of pyridine rings is 1. The van der Waals surface area contributed by atoms with Crippen LogP contribution in [0.1, 0.15) is 0 Å². The molecule has 258 valence electrons. The van der Waals surface area contributed by atoms with Gasteiger partial charge in [0.2, 0.25) is 0 Å². The summed E-state index contributed by atoms with van der Waals surface area (Å²) in [7, 11) is -2.54. The Morgan fingerprint density at radius 2 is 0.636 bits per heavy atom. The molecule has 8 aromatic carbocycles. The molecule has 55 heavy (non-hydrogen) atoms. The summed E-state index contributed by atoms with van der Waals surface area (Å²) in [6.45, 7) is 0. The van der Waals surface area contributed by atoms with E-state index in [1.54, 1.807) is 0 Å². The van der Waals surface area contributed by atoms with Crippen LogP contribution in [0.2, 0.25) is 0 Å². The van der Waals surface area contributed by atoms with Crippen molar-refractivity contribution in [3.63, 3.8) is 0 Å². The van der Waals surface area contributed by atoms with E-state index in [1.165, 1.54) is 59.7 Å². The summed E-state index contributed by atoms with van der Waals surface area (Å²) in [5, 5.41) is 5.77. The molecule has 2 heterocycles. The molecule has 0 unspecified atom stereocenters. The van der Waals surface area contributed by atoms with Gasteiger partial charge in [-0.3, -0.25) is 0 Å². The first-order valence-electron chi connectivity index (χ1n) is 19.0. The number of rotatable bonds is 7. The Bertz CT molecular complexity index is 2660. The van der Waals surface area contributed by atoms with E-state index in [0.717, 1.165) is 28.1 Å². The maximum absolute atomic E-state index is 5.07. The molecule has 10 rings (SSSR count). The summed E-state index contributed by atoms with van der Waals surface area (Å²) in [6.07, 6.45) is 0. The van der Waals surface area contributed by atoms with Crippen molar-refractivity contribution in [3.05, 3.63) is 224 Å². The van der Waals surface area contributed by atoms with E-state index in [-0.39, 0.29) is 0 Å². The van der Waals surface area contributed by atoms with Gasteiger partial charge in [0, 0.05) is 11.1 Å². The molecule has 0 bridgehead atoms. The topological polar surface area (TPSA) is 12.9 Å². The zero-order chi connectivity index (χ0) is 36.6. The average Bonchev–Trinajstić information content (AvgIpc) is 3.58. The summed E-state index contributed by atoms with van der Waals surface area (Å²) >= 11 is 0. The molecule has 0 saturated carbocycles. The van der Waals surface area contributed by atoms with Crippen molar-refractivity contribution in [2.45, 2.75) is 0 Å². The van der Waals surface area contributed by atoms with Gasteiger partial charge in [0.05, 0.1) is 11.4 Å². The summed E-state index contributed by atoms with van der Waals surface area (Å²) in [5.41, 5.74) is 14.1. The Balaban J connectivity index is 1.00. The van der Waals surface area contributed by atoms with Gasteiger partial charge in [-0.25, -0.2) is 4.98 Å². The fourth-order valence-corrected chi connectivity index (χ4v) is 13.8. The van der Waals surface area contributed by atoms with E-state index in [2.05, 4.69) is 212 Å². The van der Waals surface area contributed by atoms with Gasteiger partial charge in [0.15, 0.2) is 8.07 Å². The first kappa shape index (κ1) is 32.8. The molecule has 0 saturated heterocycles. The summed E-state index contributed by atoms with van der Waals surface area (Å²) in [6, 6.07) is 82.0. The Hall–Kier alpha value is -6.87. The third-order valence-corrected chi connectivity index (χ3v) is 16.1. The second-order valence-electron chi connectivity index (χ2n) is 14.3. The van der Waals surface area contributed by atoms with E-state index in [0.29, 0.717) is 0 Å². The number of hydrogen-bond acceptors (Lipinski definition) is 1. The van der Waals surface area contributed by atoms with Gasteiger partial charge in [0.25, 0.3) is 0 Å². The van der Waals surface area contributed by atoms with E-state index < -0.39 is 8.07 Å². The fraction of sp³-hybridized carbons (Fsp3) is 0. The highest BCUT2D eigenvalue weighted by molar-refractivity contribution is 7.22. The van der Waals surface area contributed by atoms with Crippen LogP contribution in [0.5, 0.6) is 0 Å². The Morgan fingerprint density at radius 3 is 1.15 bits per heavy atom. The van der Waals surface area contributed by atoms with Crippen molar-refractivity contribution in [1.29, 1.82) is 0 Å². The maximum atomic E-state index is 5.07. The number of benzene rings is 8. The molecule has 0 N–H and O–H groups in total. The minimum Gasteiger partial charge on any atom is -0.248 e. The predicted molar refractivity (Wildman–Crippen MR) is 234 cm³/mol. The second-order valence-corrected chi connectivity index (χ2v) is 18.0. The molecule has 0 fully saturated rings. The fourth-order valence-electron chi connectivity index (χ4n) is 8.55. The average molecular weight is 716 g/mol. The Morgan fingerprint density at radius 1 is 0.255 bits per heavy atom. The van der Waals surface area contributed by atoms with E-state index >= 15 is 0 Å². The standard InChI is InChI=1S/C53H37NSi/c1-5-15-42(16-6-1)50-35-45(36-51(54-50)43-17-7-2-8-18-43)41-31-27-39(28-32-41)38-25-29-40(30-26-38)44-33-34-49-48-23-13-14-24-52(48)55(53(49)37-44,46-19-9-3-10-20-46)47-21-11-4-12-22-47/h1-37H. The lowest BCUT2D eigenvalue weighted by Gasteiger charge is -2.31. The van der Waals surface area contributed by atoms with Crippen LogP contribution in [0.25, 0.3) is 67.0 Å². The zero-order valence-corrected chi connectivity index (χ0v) is 31.3. The van der Waals surface area contributed by atoms with Gasteiger partial charge < -0.3 is 0 Å². The summed E-state index contributed by atoms with van der Waals surface area (Å²) in [4.78, 5) is 5.07. The van der Waals surface area contributed by atoms with Crippen LogP contribution in [0.4, 0.5) is 0 Å². The van der Waals surface area contributed by atoms with Crippen LogP contribution in [0, 0.1) is 0 Å². The van der Waals surface area contributed by atoms with Gasteiger partial charge in [-0.05, 0) is 77.4 Å². The highest BCUT2D eigenvalue weighted by Gasteiger charge is 2.48. The quantitative estimate of drug-likeness (QED) is 0.150. The SMILES string of the molecule is c1ccc(-c2cc(-c3ccc(-c4ccc(-c5ccc6c(c5)[Si](c5ccccc5)(c5ccccc5)c5ccccc5-6)cc4)cc3)cc(-c3ccccc3)n2)cc1. The summed E-state index contributed by atoms with van der Waals surface area (Å²) in [5.74, 6) is 0. The van der Waals surface area contributed by atoms with Crippen LogP contribution >= 0.6 is 0 Å². The van der Waals surface area contributed by atoms with E-state index in [4.69, 9.17) is 4.98 Å². The van der Waals surface area contributed by atoms with E-state index in [9.17, 15) is 0 Å². The van der Waals surface area contributed by atoms with Crippen LogP contribution in [0.3, 0.4) is 0 Å². The van der Waals surface area contributed by atoms with Crippen LogP contribution in [-0.4, -0.2) is 13.1 Å². The molecule has 0 aliphatic carbocycles. The first-order chi connectivity index (χ1) is 27.3. The van der Waals surface area contributed by atoms with Gasteiger partial charge in [0.1, 0.15) is 0 Å². The molecule has 2 heteroatoms. The van der Waals surface area contributed by atoms with Gasteiger partial charge in [-0.1, -0.05) is 212 Å². The molecule has 1 aliphatic heterocycles. The summed E-state index contributed by atoms with van der Waals surface area (Å²) < 4.78 is 0. The molecular formula is C53H37NSi. The second kappa shape index (κ2) is 13.8. The lowest BCUT2D eigenvalue weighted by atomic mass is 9.96. The predicted octanol–water partition coefficient (Wildman–Crippen LogP) is 10.8. The zero-order valence-electron chi connectivity index (χ0n) is 30.3. The highest BCUT2D eigenvalue weighted by atomic mass is 28.3.